The van der Waals surface area contributed by atoms with Crippen LogP contribution in [0.15, 0.2) is 36.9 Å². The summed E-state index contributed by atoms with van der Waals surface area (Å²) in [5.74, 6) is 0.665. The van der Waals surface area contributed by atoms with E-state index in [2.05, 4.69) is 18.4 Å². The Morgan fingerprint density at radius 2 is 1.96 bits per heavy atom. The summed E-state index contributed by atoms with van der Waals surface area (Å²) in [7, 11) is 0. The van der Waals surface area contributed by atoms with Gasteiger partial charge >= 0.3 is 0 Å². The topological polar surface area (TPSA) is 20.3 Å². The number of likely N-dealkylation sites (tertiary alicyclic amines) is 1. The first-order valence-corrected chi connectivity index (χ1v) is 9.72. The number of benzene rings is 1. The second kappa shape index (κ2) is 7.72. The lowest BCUT2D eigenvalue weighted by Crippen LogP contribution is -2.51. The standard InChI is InChI=1S/C22H30FNO/c1-3-13-22(19-9-11-20(23)12-10-19)14-15-24(21(25)16-22)17(2)18-7-5-4-6-8-18/h3,9-12,17-18H,1,4-8,13-16H2,2H3/t17-,22-/m0/s1. The number of hydrogen-bond donors (Lipinski definition) is 0. The van der Waals surface area contributed by atoms with Crippen LogP contribution in [0.5, 0.6) is 0 Å². The van der Waals surface area contributed by atoms with Gasteiger partial charge in [0, 0.05) is 24.4 Å². The summed E-state index contributed by atoms with van der Waals surface area (Å²) in [5, 5.41) is 0. The molecule has 2 fully saturated rings. The van der Waals surface area contributed by atoms with Gasteiger partial charge in [-0.1, -0.05) is 37.5 Å². The zero-order valence-electron chi connectivity index (χ0n) is 15.3. The fourth-order valence-electron chi connectivity index (χ4n) is 4.86. The Labute approximate surface area is 151 Å². The van der Waals surface area contributed by atoms with E-state index in [0.717, 1.165) is 24.9 Å². The Morgan fingerprint density at radius 1 is 1.28 bits per heavy atom. The fourth-order valence-corrected chi connectivity index (χ4v) is 4.86. The zero-order valence-corrected chi connectivity index (χ0v) is 15.3. The molecule has 25 heavy (non-hydrogen) atoms. The van der Waals surface area contributed by atoms with Crippen molar-refractivity contribution in [3.8, 4) is 0 Å². The van der Waals surface area contributed by atoms with E-state index < -0.39 is 0 Å². The number of hydrogen-bond acceptors (Lipinski definition) is 1. The molecule has 1 aliphatic heterocycles. The number of carbonyl (C=O) groups excluding carboxylic acids is 1. The highest BCUT2D eigenvalue weighted by Crippen LogP contribution is 2.41. The summed E-state index contributed by atoms with van der Waals surface area (Å²) in [6.07, 6.45) is 10.5. The van der Waals surface area contributed by atoms with E-state index in [0.29, 0.717) is 18.4 Å². The van der Waals surface area contributed by atoms with E-state index in [1.165, 1.54) is 44.2 Å². The molecule has 1 saturated heterocycles. The molecule has 2 nitrogen and oxygen atoms in total. The van der Waals surface area contributed by atoms with Crippen LogP contribution in [-0.2, 0) is 10.2 Å². The predicted molar refractivity (Wildman–Crippen MR) is 99.9 cm³/mol. The van der Waals surface area contributed by atoms with Gasteiger partial charge in [0.1, 0.15) is 5.82 Å². The Balaban J connectivity index is 1.76. The van der Waals surface area contributed by atoms with Gasteiger partial charge in [-0.05, 0) is 56.2 Å². The van der Waals surface area contributed by atoms with E-state index >= 15 is 0 Å². The Bertz CT molecular complexity index is 605. The molecular formula is C22H30FNO. The van der Waals surface area contributed by atoms with E-state index in [1.54, 1.807) is 0 Å². The fraction of sp³-hybridized carbons (Fsp3) is 0.591. The van der Waals surface area contributed by atoms with Gasteiger partial charge in [0.25, 0.3) is 0 Å². The molecule has 0 spiro atoms. The van der Waals surface area contributed by atoms with Gasteiger partial charge in [-0.3, -0.25) is 4.79 Å². The van der Waals surface area contributed by atoms with Gasteiger partial charge in [0.2, 0.25) is 5.91 Å². The van der Waals surface area contributed by atoms with Crippen LogP contribution in [0.2, 0.25) is 0 Å². The minimum atomic E-state index is -0.229. The van der Waals surface area contributed by atoms with Crippen molar-refractivity contribution in [1.82, 2.24) is 4.90 Å². The number of amides is 1. The smallest absolute Gasteiger partial charge is 0.223 e. The predicted octanol–water partition coefficient (Wildman–Crippen LogP) is 5.23. The summed E-state index contributed by atoms with van der Waals surface area (Å²) in [6, 6.07) is 7.02. The zero-order chi connectivity index (χ0) is 17.9. The van der Waals surface area contributed by atoms with Crippen LogP contribution >= 0.6 is 0 Å². The van der Waals surface area contributed by atoms with Crippen LogP contribution in [0.4, 0.5) is 4.39 Å². The highest BCUT2D eigenvalue weighted by atomic mass is 19.1. The molecule has 1 aromatic rings. The number of allylic oxidation sites excluding steroid dienone is 1. The molecule has 1 amide bonds. The lowest BCUT2D eigenvalue weighted by molar-refractivity contribution is -0.139. The third-order valence-electron chi connectivity index (χ3n) is 6.46. The number of rotatable bonds is 5. The molecule has 1 heterocycles. The SMILES string of the molecule is C=CC[C@]1(c2ccc(F)cc2)CCN([C@@H](C)C2CCCCC2)C(=O)C1. The molecule has 0 aromatic heterocycles. The van der Waals surface area contributed by atoms with Gasteiger partial charge in [0.15, 0.2) is 0 Å². The van der Waals surface area contributed by atoms with Crippen molar-refractivity contribution < 1.29 is 9.18 Å². The average Bonchev–Trinajstić information content (AvgIpc) is 2.63. The van der Waals surface area contributed by atoms with Crippen molar-refractivity contribution >= 4 is 5.91 Å². The van der Waals surface area contributed by atoms with Gasteiger partial charge in [-0.25, -0.2) is 4.39 Å². The van der Waals surface area contributed by atoms with Gasteiger partial charge in [-0.15, -0.1) is 6.58 Å². The van der Waals surface area contributed by atoms with Crippen molar-refractivity contribution in [2.75, 3.05) is 6.54 Å². The summed E-state index contributed by atoms with van der Waals surface area (Å²) in [4.78, 5) is 15.1. The Kier molecular flexibility index (Phi) is 5.61. The number of piperidine rings is 1. The molecule has 3 rings (SSSR count). The molecule has 2 aliphatic rings. The highest BCUT2D eigenvalue weighted by molar-refractivity contribution is 5.79. The first-order valence-electron chi connectivity index (χ1n) is 9.72. The van der Waals surface area contributed by atoms with E-state index in [-0.39, 0.29) is 17.1 Å². The van der Waals surface area contributed by atoms with Crippen molar-refractivity contribution in [1.29, 1.82) is 0 Å². The van der Waals surface area contributed by atoms with Crippen LogP contribution in [0.25, 0.3) is 0 Å². The molecule has 3 heteroatoms. The number of nitrogens with zero attached hydrogens (tertiary/aromatic N) is 1. The van der Waals surface area contributed by atoms with Crippen molar-refractivity contribution in [3.63, 3.8) is 0 Å². The normalized spacial score (nSPS) is 26.5. The molecule has 0 radical (unpaired) electrons. The van der Waals surface area contributed by atoms with Crippen molar-refractivity contribution in [2.24, 2.45) is 5.92 Å². The third kappa shape index (κ3) is 3.80. The van der Waals surface area contributed by atoms with Crippen molar-refractivity contribution in [3.05, 3.63) is 48.3 Å². The molecule has 1 aliphatic carbocycles. The molecular weight excluding hydrogens is 313 g/mol. The lowest BCUT2D eigenvalue weighted by atomic mass is 9.69. The molecule has 0 unspecified atom stereocenters. The van der Waals surface area contributed by atoms with Crippen LogP contribution in [-0.4, -0.2) is 23.4 Å². The number of carbonyl (C=O) groups is 1. The van der Waals surface area contributed by atoms with Crippen LogP contribution < -0.4 is 0 Å². The summed E-state index contributed by atoms with van der Waals surface area (Å²) >= 11 is 0. The number of halogens is 1. The molecule has 0 bridgehead atoms. The molecule has 0 N–H and O–H groups in total. The Hall–Kier alpha value is -1.64. The molecule has 2 atom stereocenters. The first kappa shape index (κ1) is 18.2. The summed E-state index contributed by atoms with van der Waals surface area (Å²) in [5.41, 5.74) is 0.835. The van der Waals surface area contributed by atoms with E-state index in [9.17, 15) is 9.18 Å². The highest BCUT2D eigenvalue weighted by Gasteiger charge is 2.41. The van der Waals surface area contributed by atoms with Gasteiger partial charge in [-0.2, -0.15) is 0 Å². The summed E-state index contributed by atoms with van der Waals surface area (Å²) in [6.45, 7) is 6.92. The first-order chi connectivity index (χ1) is 12.1. The van der Waals surface area contributed by atoms with Crippen molar-refractivity contribution in [2.45, 2.75) is 69.7 Å². The van der Waals surface area contributed by atoms with Crippen LogP contribution in [0.3, 0.4) is 0 Å². The minimum absolute atomic E-state index is 0.227. The molecule has 1 saturated carbocycles. The van der Waals surface area contributed by atoms with Gasteiger partial charge in [0.05, 0.1) is 0 Å². The third-order valence-corrected chi connectivity index (χ3v) is 6.46. The van der Waals surface area contributed by atoms with Crippen LogP contribution in [0.1, 0.15) is 63.9 Å². The maximum atomic E-state index is 13.3. The van der Waals surface area contributed by atoms with E-state index in [1.807, 2.05) is 18.2 Å². The van der Waals surface area contributed by atoms with Crippen LogP contribution in [0, 0.1) is 11.7 Å². The summed E-state index contributed by atoms with van der Waals surface area (Å²) < 4.78 is 13.3. The quantitative estimate of drug-likeness (QED) is 0.670. The van der Waals surface area contributed by atoms with E-state index in [4.69, 9.17) is 0 Å². The minimum Gasteiger partial charge on any atom is -0.340 e. The monoisotopic (exact) mass is 343 g/mol. The average molecular weight is 343 g/mol. The van der Waals surface area contributed by atoms with Gasteiger partial charge < -0.3 is 4.90 Å². The lowest BCUT2D eigenvalue weighted by Gasteiger charge is -2.45. The second-order valence-corrected chi connectivity index (χ2v) is 7.93. The maximum absolute atomic E-state index is 13.3. The molecule has 1 aromatic carbocycles. The second-order valence-electron chi connectivity index (χ2n) is 7.93. The Morgan fingerprint density at radius 3 is 2.56 bits per heavy atom. The largest absolute Gasteiger partial charge is 0.340 e. The maximum Gasteiger partial charge on any atom is 0.223 e. The molecule has 136 valence electrons.